The molecule has 1 atom stereocenters. The molecular formula is C27H31N3O5. The number of carbonyl (C=O) groups is 3. The first-order chi connectivity index (χ1) is 16.9. The second kappa shape index (κ2) is 11.1. The summed E-state index contributed by atoms with van der Waals surface area (Å²) in [5.74, 6) is -0.804. The van der Waals surface area contributed by atoms with Gasteiger partial charge in [-0.3, -0.25) is 19.3 Å². The predicted molar refractivity (Wildman–Crippen MR) is 131 cm³/mol. The molecule has 0 spiro atoms. The molecule has 0 bridgehead atoms. The Labute approximate surface area is 204 Å². The molecule has 184 valence electrons. The zero-order chi connectivity index (χ0) is 24.8. The first kappa shape index (κ1) is 24.3. The molecule has 2 aromatic heterocycles. The highest BCUT2D eigenvalue weighted by molar-refractivity contribution is 6.04. The molecule has 2 heterocycles. The van der Waals surface area contributed by atoms with E-state index in [1.165, 1.54) is 23.5 Å². The number of aryl methyl sites for hydroxylation is 2. The van der Waals surface area contributed by atoms with Crippen molar-refractivity contribution in [3.63, 3.8) is 0 Å². The fourth-order valence-corrected chi connectivity index (χ4v) is 4.48. The molecule has 1 fully saturated rings. The minimum Gasteiger partial charge on any atom is -0.467 e. The Morgan fingerprint density at radius 3 is 2.43 bits per heavy atom. The van der Waals surface area contributed by atoms with E-state index in [1.54, 1.807) is 18.2 Å². The van der Waals surface area contributed by atoms with Gasteiger partial charge in [0.05, 0.1) is 19.1 Å². The largest absolute Gasteiger partial charge is 0.467 e. The van der Waals surface area contributed by atoms with E-state index >= 15 is 0 Å². The lowest BCUT2D eigenvalue weighted by Crippen LogP contribution is -2.49. The fraction of sp³-hybridized carbons (Fsp3) is 0.370. The first-order valence-electron chi connectivity index (χ1n) is 12.0. The Hall–Kier alpha value is -3.81. The smallest absolute Gasteiger partial charge is 0.287 e. The predicted octanol–water partition coefficient (Wildman–Crippen LogP) is 4.44. The monoisotopic (exact) mass is 477 g/mol. The minimum absolute atomic E-state index is 0.0583. The molecule has 35 heavy (non-hydrogen) atoms. The van der Waals surface area contributed by atoms with Crippen molar-refractivity contribution in [2.75, 3.05) is 11.4 Å². The second-order valence-electron chi connectivity index (χ2n) is 8.98. The van der Waals surface area contributed by atoms with Crippen molar-refractivity contribution < 1.29 is 23.2 Å². The average molecular weight is 478 g/mol. The zero-order valence-corrected chi connectivity index (χ0v) is 20.1. The van der Waals surface area contributed by atoms with Gasteiger partial charge in [0.1, 0.15) is 5.76 Å². The summed E-state index contributed by atoms with van der Waals surface area (Å²) in [6, 6.07) is 11.3. The van der Waals surface area contributed by atoms with Gasteiger partial charge in [-0.1, -0.05) is 31.4 Å². The van der Waals surface area contributed by atoms with Crippen LogP contribution in [0.3, 0.4) is 0 Å². The van der Waals surface area contributed by atoms with Gasteiger partial charge in [0.25, 0.3) is 11.8 Å². The molecule has 1 aliphatic carbocycles. The van der Waals surface area contributed by atoms with Crippen molar-refractivity contribution in [3.05, 3.63) is 77.6 Å². The van der Waals surface area contributed by atoms with E-state index in [4.69, 9.17) is 8.83 Å². The van der Waals surface area contributed by atoms with E-state index in [9.17, 15) is 14.4 Å². The number of furan rings is 2. The van der Waals surface area contributed by atoms with Gasteiger partial charge in [0, 0.05) is 11.7 Å². The molecule has 8 heteroatoms. The Morgan fingerprint density at radius 1 is 1.00 bits per heavy atom. The summed E-state index contributed by atoms with van der Waals surface area (Å²) in [6.07, 6.45) is 7.99. The third-order valence-electron chi connectivity index (χ3n) is 6.31. The maximum Gasteiger partial charge on any atom is 0.287 e. The quantitative estimate of drug-likeness (QED) is 0.499. The summed E-state index contributed by atoms with van der Waals surface area (Å²) in [4.78, 5) is 41.2. The highest BCUT2D eigenvalue weighted by Crippen LogP contribution is 2.32. The van der Waals surface area contributed by atoms with Crippen LogP contribution in [0.5, 0.6) is 0 Å². The lowest BCUT2D eigenvalue weighted by molar-refractivity contribution is -0.127. The Balaban J connectivity index is 1.67. The van der Waals surface area contributed by atoms with Crippen LogP contribution in [0.15, 0.2) is 63.8 Å². The average Bonchev–Trinajstić information content (AvgIpc) is 3.58. The molecule has 1 aromatic carbocycles. The Kier molecular flexibility index (Phi) is 7.70. The van der Waals surface area contributed by atoms with Crippen LogP contribution < -0.4 is 15.5 Å². The highest BCUT2D eigenvalue weighted by atomic mass is 16.3. The van der Waals surface area contributed by atoms with Gasteiger partial charge in [0.15, 0.2) is 11.8 Å². The first-order valence-corrected chi connectivity index (χ1v) is 12.0. The second-order valence-corrected chi connectivity index (χ2v) is 8.98. The van der Waals surface area contributed by atoms with Crippen molar-refractivity contribution in [1.29, 1.82) is 0 Å². The normalized spacial score (nSPS) is 14.8. The lowest BCUT2D eigenvalue weighted by atomic mass is 9.95. The van der Waals surface area contributed by atoms with Crippen molar-refractivity contribution in [2.24, 2.45) is 0 Å². The third kappa shape index (κ3) is 5.82. The molecule has 8 nitrogen and oxygen atoms in total. The highest BCUT2D eigenvalue weighted by Gasteiger charge is 2.36. The van der Waals surface area contributed by atoms with Gasteiger partial charge in [-0.05, 0) is 68.1 Å². The Morgan fingerprint density at radius 2 is 1.74 bits per heavy atom. The number of anilines is 1. The van der Waals surface area contributed by atoms with Crippen LogP contribution >= 0.6 is 0 Å². The topological polar surface area (TPSA) is 105 Å². The molecule has 3 aromatic rings. The lowest BCUT2D eigenvalue weighted by Gasteiger charge is -2.33. The third-order valence-corrected chi connectivity index (χ3v) is 6.31. The van der Waals surface area contributed by atoms with Crippen LogP contribution in [-0.2, 0) is 9.59 Å². The standard InChI is InChI=1S/C27H31N3O5/c1-18-12-13-19(2)21(16-18)30(24(31)17-28-26(32)23-11-7-15-35-23)25(22-10-6-14-34-22)27(33)29-20-8-4-3-5-9-20/h6-7,10-16,20,25H,3-5,8-9,17H2,1-2H3,(H,28,32)(H,29,33)/t25-/m1/s1. The van der Waals surface area contributed by atoms with Gasteiger partial charge < -0.3 is 19.5 Å². The Bertz CT molecular complexity index is 1150. The number of hydrogen-bond acceptors (Lipinski definition) is 5. The molecule has 0 radical (unpaired) electrons. The summed E-state index contributed by atoms with van der Waals surface area (Å²) in [7, 11) is 0. The van der Waals surface area contributed by atoms with Gasteiger partial charge in [-0.25, -0.2) is 0 Å². The molecule has 0 unspecified atom stereocenters. The van der Waals surface area contributed by atoms with Gasteiger partial charge in [-0.2, -0.15) is 0 Å². The van der Waals surface area contributed by atoms with Crippen molar-refractivity contribution in [2.45, 2.75) is 58.0 Å². The van der Waals surface area contributed by atoms with E-state index in [2.05, 4.69) is 10.6 Å². The SMILES string of the molecule is Cc1ccc(C)c(N(C(=O)CNC(=O)c2ccco2)[C@@H](C(=O)NC2CCCCC2)c2ccco2)c1. The van der Waals surface area contributed by atoms with Crippen LogP contribution in [0.1, 0.15) is 65.6 Å². The summed E-state index contributed by atoms with van der Waals surface area (Å²) in [5, 5.41) is 5.74. The molecule has 0 saturated heterocycles. The van der Waals surface area contributed by atoms with Crippen LogP contribution in [0.2, 0.25) is 0 Å². The van der Waals surface area contributed by atoms with Crippen LogP contribution in [0, 0.1) is 13.8 Å². The van der Waals surface area contributed by atoms with Gasteiger partial charge in [0.2, 0.25) is 5.91 Å². The van der Waals surface area contributed by atoms with E-state index in [0.717, 1.165) is 43.2 Å². The number of rotatable bonds is 8. The minimum atomic E-state index is -1.03. The summed E-state index contributed by atoms with van der Waals surface area (Å²) in [5.41, 5.74) is 2.35. The van der Waals surface area contributed by atoms with Gasteiger partial charge in [-0.15, -0.1) is 0 Å². The molecule has 0 aliphatic heterocycles. The van der Waals surface area contributed by atoms with Crippen LogP contribution in [0.25, 0.3) is 0 Å². The van der Waals surface area contributed by atoms with Crippen molar-refractivity contribution in [3.8, 4) is 0 Å². The van der Waals surface area contributed by atoms with Crippen LogP contribution in [0.4, 0.5) is 5.69 Å². The molecule has 4 rings (SSSR count). The number of nitrogens with zero attached hydrogens (tertiary/aromatic N) is 1. The zero-order valence-electron chi connectivity index (χ0n) is 20.1. The summed E-state index contributed by atoms with van der Waals surface area (Å²) < 4.78 is 10.8. The molecule has 1 aliphatic rings. The number of hydrogen-bond donors (Lipinski definition) is 2. The maximum absolute atomic E-state index is 13.7. The summed E-state index contributed by atoms with van der Waals surface area (Å²) in [6.45, 7) is 3.49. The van der Waals surface area contributed by atoms with E-state index in [1.807, 2.05) is 32.0 Å². The van der Waals surface area contributed by atoms with Gasteiger partial charge >= 0.3 is 0 Å². The van der Waals surface area contributed by atoms with Crippen molar-refractivity contribution in [1.82, 2.24) is 10.6 Å². The molecular weight excluding hydrogens is 446 g/mol. The van der Waals surface area contributed by atoms with Crippen LogP contribution in [-0.4, -0.2) is 30.3 Å². The van der Waals surface area contributed by atoms with E-state index < -0.39 is 17.9 Å². The number of nitrogens with one attached hydrogen (secondary N) is 2. The van der Waals surface area contributed by atoms with Crippen molar-refractivity contribution >= 4 is 23.4 Å². The maximum atomic E-state index is 13.7. The molecule has 3 amide bonds. The number of amides is 3. The van der Waals surface area contributed by atoms with E-state index in [-0.39, 0.29) is 24.3 Å². The molecule has 2 N–H and O–H groups in total. The number of carbonyl (C=O) groups excluding carboxylic acids is 3. The number of benzene rings is 1. The van der Waals surface area contributed by atoms with E-state index in [0.29, 0.717) is 11.4 Å². The fourth-order valence-electron chi connectivity index (χ4n) is 4.48. The summed E-state index contributed by atoms with van der Waals surface area (Å²) >= 11 is 0. The molecule has 1 saturated carbocycles.